The van der Waals surface area contributed by atoms with Gasteiger partial charge in [0.05, 0.1) is 12.2 Å². The highest BCUT2D eigenvalue weighted by atomic mass is 16.5. The van der Waals surface area contributed by atoms with Gasteiger partial charge in [-0.1, -0.05) is 0 Å². The van der Waals surface area contributed by atoms with Crippen LogP contribution in [0.15, 0.2) is 6.20 Å². The molecule has 3 aliphatic rings. The van der Waals surface area contributed by atoms with Crippen molar-refractivity contribution < 1.29 is 9.53 Å². The molecule has 0 N–H and O–H groups in total. The van der Waals surface area contributed by atoms with Crippen LogP contribution in [-0.4, -0.2) is 17.6 Å². The Balaban J connectivity index is 2.13. The third-order valence-corrected chi connectivity index (χ3v) is 4.40. The van der Waals surface area contributed by atoms with E-state index in [0.29, 0.717) is 24.0 Å². The topological polar surface area (TPSA) is 39.2 Å². The van der Waals surface area contributed by atoms with Crippen LogP contribution in [0.3, 0.4) is 0 Å². The maximum Gasteiger partial charge on any atom is 0.339 e. The van der Waals surface area contributed by atoms with Crippen molar-refractivity contribution in [2.75, 3.05) is 6.61 Å². The Kier molecular flexibility index (Phi) is 2.84. The van der Waals surface area contributed by atoms with Crippen LogP contribution >= 0.6 is 0 Å². The molecule has 0 unspecified atom stereocenters. The number of esters is 1. The van der Waals surface area contributed by atoms with E-state index in [1.165, 1.54) is 36.8 Å². The van der Waals surface area contributed by atoms with E-state index in [-0.39, 0.29) is 5.97 Å². The van der Waals surface area contributed by atoms with Crippen LogP contribution < -0.4 is 0 Å². The van der Waals surface area contributed by atoms with Gasteiger partial charge in [-0.05, 0) is 62.5 Å². The molecule has 1 fully saturated rings. The number of ether oxygens (including phenoxy) is 1. The Hall–Kier alpha value is -1.38. The van der Waals surface area contributed by atoms with Crippen LogP contribution in [-0.2, 0) is 4.74 Å². The van der Waals surface area contributed by atoms with E-state index < -0.39 is 0 Å². The average Bonchev–Trinajstić information content (AvgIpc) is 2.40. The lowest BCUT2D eigenvalue weighted by molar-refractivity contribution is 0.0522. The van der Waals surface area contributed by atoms with E-state index in [1.807, 2.05) is 6.92 Å². The smallest absolute Gasteiger partial charge is 0.339 e. The molecule has 18 heavy (non-hydrogen) atoms. The molecule has 96 valence electrons. The molecule has 1 aromatic heterocycles. The molecule has 0 aliphatic heterocycles. The number of pyridine rings is 1. The molecule has 3 nitrogen and oxygen atoms in total. The van der Waals surface area contributed by atoms with Gasteiger partial charge in [0.2, 0.25) is 0 Å². The summed E-state index contributed by atoms with van der Waals surface area (Å²) in [6.07, 6.45) is 6.66. The second-order valence-corrected chi connectivity index (χ2v) is 5.35. The normalized spacial score (nSPS) is 24.8. The fourth-order valence-electron chi connectivity index (χ4n) is 3.64. The first-order valence-corrected chi connectivity index (χ1v) is 6.88. The van der Waals surface area contributed by atoms with Crippen molar-refractivity contribution in [3.05, 3.63) is 28.6 Å². The molecule has 1 heterocycles. The number of carbonyl (C=O) groups is 1. The van der Waals surface area contributed by atoms with Gasteiger partial charge < -0.3 is 4.74 Å². The number of hydrogen-bond donors (Lipinski definition) is 0. The summed E-state index contributed by atoms with van der Waals surface area (Å²) in [4.78, 5) is 16.5. The zero-order valence-electron chi connectivity index (χ0n) is 11.0. The van der Waals surface area contributed by atoms with Gasteiger partial charge >= 0.3 is 5.97 Å². The maximum atomic E-state index is 12.0. The van der Waals surface area contributed by atoms with Gasteiger partial charge in [-0.3, -0.25) is 4.98 Å². The van der Waals surface area contributed by atoms with Gasteiger partial charge in [0.15, 0.2) is 0 Å². The standard InChI is InChI=1S/C15H19NO2/c1-3-18-15(17)12-8-16-9(2)13-10-4-6-11(7-5-10)14(12)13/h8,10-11H,3-7H2,1-2H3. The highest BCUT2D eigenvalue weighted by molar-refractivity contribution is 5.91. The summed E-state index contributed by atoms with van der Waals surface area (Å²) < 4.78 is 5.16. The molecule has 0 atom stereocenters. The van der Waals surface area contributed by atoms with Gasteiger partial charge in [0, 0.05) is 11.9 Å². The molecular formula is C15H19NO2. The molecule has 0 amide bonds. The number of nitrogens with zero attached hydrogens (tertiary/aromatic N) is 1. The predicted molar refractivity (Wildman–Crippen MR) is 68.9 cm³/mol. The SMILES string of the molecule is CCOC(=O)c1cnc(C)c2c1C1CCC2CC1. The van der Waals surface area contributed by atoms with Crippen LogP contribution in [0.25, 0.3) is 0 Å². The molecule has 0 aromatic carbocycles. The van der Waals surface area contributed by atoms with Crippen molar-refractivity contribution in [2.24, 2.45) is 0 Å². The van der Waals surface area contributed by atoms with E-state index in [2.05, 4.69) is 11.9 Å². The van der Waals surface area contributed by atoms with E-state index in [9.17, 15) is 4.79 Å². The number of aromatic nitrogens is 1. The van der Waals surface area contributed by atoms with Crippen molar-refractivity contribution in [3.8, 4) is 0 Å². The Morgan fingerprint density at radius 2 is 1.89 bits per heavy atom. The molecule has 0 spiro atoms. The number of aryl methyl sites for hydroxylation is 1. The molecule has 3 aliphatic carbocycles. The number of carbonyl (C=O) groups excluding carboxylic acids is 1. The monoisotopic (exact) mass is 245 g/mol. The third-order valence-electron chi connectivity index (χ3n) is 4.40. The summed E-state index contributed by atoms with van der Waals surface area (Å²) in [6.45, 7) is 4.34. The molecular weight excluding hydrogens is 226 g/mol. The molecule has 4 rings (SSSR count). The van der Waals surface area contributed by atoms with Crippen LogP contribution in [0.1, 0.15) is 71.6 Å². The van der Waals surface area contributed by atoms with E-state index in [0.717, 1.165) is 5.69 Å². The van der Waals surface area contributed by atoms with E-state index in [4.69, 9.17) is 4.74 Å². The lowest BCUT2D eigenvalue weighted by Crippen LogP contribution is -2.26. The van der Waals surface area contributed by atoms with E-state index in [1.54, 1.807) is 6.20 Å². The quantitative estimate of drug-likeness (QED) is 0.750. The zero-order chi connectivity index (χ0) is 12.7. The molecule has 1 saturated carbocycles. The fraction of sp³-hybridized carbons (Fsp3) is 0.600. The van der Waals surface area contributed by atoms with Crippen LogP contribution in [0, 0.1) is 6.92 Å². The van der Waals surface area contributed by atoms with Gasteiger partial charge in [-0.2, -0.15) is 0 Å². The van der Waals surface area contributed by atoms with Crippen LogP contribution in [0.4, 0.5) is 0 Å². The number of fused-ring (bicyclic) bond motifs is 2. The second-order valence-electron chi connectivity index (χ2n) is 5.35. The van der Waals surface area contributed by atoms with Crippen LogP contribution in [0.2, 0.25) is 0 Å². The predicted octanol–water partition coefficient (Wildman–Crippen LogP) is 3.32. The summed E-state index contributed by atoms with van der Waals surface area (Å²) in [7, 11) is 0. The summed E-state index contributed by atoms with van der Waals surface area (Å²) in [6, 6.07) is 0. The summed E-state index contributed by atoms with van der Waals surface area (Å²) in [5.41, 5.74) is 4.42. The van der Waals surface area contributed by atoms with Crippen molar-refractivity contribution in [3.63, 3.8) is 0 Å². The van der Waals surface area contributed by atoms with Crippen molar-refractivity contribution in [2.45, 2.75) is 51.4 Å². The fourth-order valence-corrected chi connectivity index (χ4v) is 3.64. The minimum absolute atomic E-state index is 0.200. The first kappa shape index (κ1) is 11.7. The maximum absolute atomic E-state index is 12.0. The minimum atomic E-state index is -0.200. The first-order chi connectivity index (χ1) is 8.72. The lowest BCUT2D eigenvalue weighted by atomic mass is 9.65. The molecule has 0 radical (unpaired) electrons. The highest BCUT2D eigenvalue weighted by Crippen LogP contribution is 2.51. The van der Waals surface area contributed by atoms with Crippen molar-refractivity contribution >= 4 is 5.97 Å². The van der Waals surface area contributed by atoms with Crippen LogP contribution in [0.5, 0.6) is 0 Å². The van der Waals surface area contributed by atoms with Gasteiger partial charge in [-0.25, -0.2) is 4.79 Å². The van der Waals surface area contributed by atoms with Gasteiger partial charge in [0.1, 0.15) is 0 Å². The third kappa shape index (κ3) is 1.64. The zero-order valence-corrected chi connectivity index (χ0v) is 11.0. The number of hydrogen-bond acceptors (Lipinski definition) is 3. The summed E-state index contributed by atoms with van der Waals surface area (Å²) in [5.74, 6) is 0.965. The Bertz CT molecular complexity index is 488. The van der Waals surface area contributed by atoms with E-state index >= 15 is 0 Å². The minimum Gasteiger partial charge on any atom is -0.462 e. The largest absolute Gasteiger partial charge is 0.462 e. The van der Waals surface area contributed by atoms with Gasteiger partial charge in [0.25, 0.3) is 0 Å². The first-order valence-electron chi connectivity index (χ1n) is 6.88. The second kappa shape index (κ2) is 4.38. The molecule has 3 heteroatoms. The molecule has 0 saturated heterocycles. The Morgan fingerprint density at radius 1 is 1.28 bits per heavy atom. The Labute approximate surface area is 108 Å². The number of rotatable bonds is 2. The lowest BCUT2D eigenvalue weighted by Gasteiger charge is -2.39. The summed E-state index contributed by atoms with van der Waals surface area (Å²) >= 11 is 0. The van der Waals surface area contributed by atoms with Crippen molar-refractivity contribution in [1.82, 2.24) is 4.98 Å². The van der Waals surface area contributed by atoms with Crippen molar-refractivity contribution in [1.29, 1.82) is 0 Å². The van der Waals surface area contributed by atoms with Gasteiger partial charge in [-0.15, -0.1) is 0 Å². The average molecular weight is 245 g/mol. The highest BCUT2D eigenvalue weighted by Gasteiger charge is 2.37. The molecule has 1 aromatic rings. The molecule has 2 bridgehead atoms. The summed E-state index contributed by atoms with van der Waals surface area (Å²) in [5, 5.41) is 0. The Morgan fingerprint density at radius 3 is 2.50 bits per heavy atom.